The number of thioether (sulfide) groups is 1. The molecule has 14 heavy (non-hydrogen) atoms. The average Bonchev–Trinajstić information content (AvgIpc) is 2.64. The Morgan fingerprint density at radius 3 is 2.57 bits per heavy atom. The molecular formula is C11H21NOS. The summed E-state index contributed by atoms with van der Waals surface area (Å²) in [5, 5.41) is 0. The first-order valence-corrected chi connectivity index (χ1v) is 6.71. The first kappa shape index (κ1) is 11.9. The summed E-state index contributed by atoms with van der Waals surface area (Å²) in [6.45, 7) is 6.42. The van der Waals surface area contributed by atoms with Crippen LogP contribution in [0, 0.1) is 5.92 Å². The number of hydrogen-bond acceptors (Lipinski definition) is 2. The van der Waals surface area contributed by atoms with Crippen LogP contribution in [0.2, 0.25) is 0 Å². The molecule has 0 spiro atoms. The average molecular weight is 215 g/mol. The van der Waals surface area contributed by atoms with Crippen LogP contribution in [0.1, 0.15) is 33.1 Å². The third kappa shape index (κ3) is 4.36. The maximum atomic E-state index is 11.6. The number of likely N-dealkylation sites (tertiary alicyclic amines) is 1. The molecule has 0 aliphatic carbocycles. The Hall–Kier alpha value is -0.180. The van der Waals surface area contributed by atoms with Gasteiger partial charge < -0.3 is 4.90 Å². The van der Waals surface area contributed by atoms with Crippen LogP contribution < -0.4 is 0 Å². The molecule has 0 atom stereocenters. The largest absolute Gasteiger partial charge is 0.343 e. The molecule has 0 aromatic carbocycles. The predicted octanol–water partition coefficient (Wildman–Crippen LogP) is 2.39. The van der Waals surface area contributed by atoms with Gasteiger partial charge in [0.2, 0.25) is 5.91 Å². The third-order valence-corrected chi connectivity index (χ3v) is 3.77. The van der Waals surface area contributed by atoms with E-state index in [0.29, 0.717) is 5.91 Å². The highest BCUT2D eigenvalue weighted by Crippen LogP contribution is 2.12. The lowest BCUT2D eigenvalue weighted by molar-refractivity contribution is -0.129. The fourth-order valence-electron chi connectivity index (χ4n) is 1.60. The van der Waals surface area contributed by atoms with Crippen LogP contribution in [0.5, 0.6) is 0 Å². The number of amides is 1. The van der Waals surface area contributed by atoms with Crippen molar-refractivity contribution in [1.82, 2.24) is 4.90 Å². The number of carbonyl (C=O) groups excluding carboxylic acids is 1. The van der Waals surface area contributed by atoms with E-state index in [4.69, 9.17) is 0 Å². The maximum Gasteiger partial charge on any atom is 0.223 e. The summed E-state index contributed by atoms with van der Waals surface area (Å²) < 4.78 is 0. The molecule has 1 saturated heterocycles. The summed E-state index contributed by atoms with van der Waals surface area (Å²) in [7, 11) is 0. The molecule has 1 aliphatic rings. The van der Waals surface area contributed by atoms with Crippen molar-refractivity contribution >= 4 is 17.7 Å². The van der Waals surface area contributed by atoms with Gasteiger partial charge >= 0.3 is 0 Å². The topological polar surface area (TPSA) is 20.3 Å². The SMILES string of the molecule is CC(C)CSCCC(=O)N1CCCC1. The van der Waals surface area contributed by atoms with Crippen LogP contribution in [0.3, 0.4) is 0 Å². The van der Waals surface area contributed by atoms with Crippen LogP contribution >= 0.6 is 11.8 Å². The predicted molar refractivity (Wildman–Crippen MR) is 62.6 cm³/mol. The summed E-state index contributed by atoms with van der Waals surface area (Å²) in [5.74, 6) is 3.27. The third-order valence-electron chi connectivity index (χ3n) is 2.37. The zero-order chi connectivity index (χ0) is 10.4. The molecule has 82 valence electrons. The van der Waals surface area contributed by atoms with Crippen LogP contribution in [0.4, 0.5) is 0 Å². The van der Waals surface area contributed by atoms with Gasteiger partial charge in [-0.05, 0) is 24.5 Å². The lowest BCUT2D eigenvalue weighted by Gasteiger charge is -2.14. The monoisotopic (exact) mass is 215 g/mol. The Balaban J connectivity index is 2.03. The van der Waals surface area contributed by atoms with Crippen molar-refractivity contribution < 1.29 is 4.79 Å². The van der Waals surface area contributed by atoms with Crippen molar-refractivity contribution in [2.75, 3.05) is 24.6 Å². The molecule has 1 aliphatic heterocycles. The van der Waals surface area contributed by atoms with E-state index in [0.717, 1.165) is 31.2 Å². The Labute approximate surface area is 91.4 Å². The van der Waals surface area contributed by atoms with Crippen molar-refractivity contribution in [3.8, 4) is 0 Å². The van der Waals surface area contributed by atoms with Crippen LogP contribution in [0.25, 0.3) is 0 Å². The van der Waals surface area contributed by atoms with Gasteiger partial charge in [0.25, 0.3) is 0 Å². The van der Waals surface area contributed by atoms with Crippen molar-refractivity contribution in [3.63, 3.8) is 0 Å². The highest BCUT2D eigenvalue weighted by molar-refractivity contribution is 7.99. The van der Waals surface area contributed by atoms with E-state index in [1.165, 1.54) is 18.6 Å². The van der Waals surface area contributed by atoms with E-state index in [-0.39, 0.29) is 0 Å². The first-order valence-electron chi connectivity index (χ1n) is 5.55. The van der Waals surface area contributed by atoms with Crippen LogP contribution in [-0.2, 0) is 4.79 Å². The maximum absolute atomic E-state index is 11.6. The quantitative estimate of drug-likeness (QED) is 0.656. The number of carbonyl (C=O) groups is 1. The van der Waals surface area contributed by atoms with Crippen molar-refractivity contribution in [2.45, 2.75) is 33.1 Å². The molecule has 0 saturated carbocycles. The molecule has 1 fully saturated rings. The van der Waals surface area contributed by atoms with E-state index < -0.39 is 0 Å². The summed E-state index contributed by atoms with van der Waals surface area (Å²) >= 11 is 1.90. The lowest BCUT2D eigenvalue weighted by Crippen LogP contribution is -2.27. The molecule has 0 bridgehead atoms. The number of hydrogen-bond donors (Lipinski definition) is 0. The molecule has 0 unspecified atom stereocenters. The van der Waals surface area contributed by atoms with Gasteiger partial charge in [-0.1, -0.05) is 13.8 Å². The van der Waals surface area contributed by atoms with Gasteiger partial charge in [0.15, 0.2) is 0 Å². The van der Waals surface area contributed by atoms with Gasteiger partial charge in [-0.15, -0.1) is 0 Å². The zero-order valence-corrected chi connectivity index (χ0v) is 10.1. The number of nitrogens with zero attached hydrogens (tertiary/aromatic N) is 1. The minimum Gasteiger partial charge on any atom is -0.343 e. The molecule has 0 N–H and O–H groups in total. The van der Waals surface area contributed by atoms with E-state index in [9.17, 15) is 4.79 Å². The van der Waals surface area contributed by atoms with Crippen molar-refractivity contribution in [2.24, 2.45) is 5.92 Å². The number of rotatable bonds is 5. The smallest absolute Gasteiger partial charge is 0.223 e. The highest BCUT2D eigenvalue weighted by Gasteiger charge is 2.16. The Morgan fingerprint density at radius 1 is 1.36 bits per heavy atom. The molecule has 2 nitrogen and oxygen atoms in total. The Kier molecular flexibility index (Phi) is 5.38. The normalized spacial score (nSPS) is 16.6. The second-order valence-corrected chi connectivity index (χ2v) is 5.46. The molecule has 1 heterocycles. The molecule has 1 amide bonds. The van der Waals surface area contributed by atoms with Gasteiger partial charge in [-0.25, -0.2) is 0 Å². The van der Waals surface area contributed by atoms with Gasteiger partial charge in [-0.3, -0.25) is 4.79 Å². The van der Waals surface area contributed by atoms with Crippen molar-refractivity contribution in [1.29, 1.82) is 0 Å². The second-order valence-electron chi connectivity index (χ2n) is 4.31. The molecule has 0 aromatic rings. The molecule has 0 radical (unpaired) electrons. The van der Waals surface area contributed by atoms with Gasteiger partial charge in [-0.2, -0.15) is 11.8 Å². The standard InChI is InChI=1S/C11H21NOS/c1-10(2)9-14-8-5-11(13)12-6-3-4-7-12/h10H,3-9H2,1-2H3. The fraction of sp³-hybridized carbons (Fsp3) is 0.909. The van der Waals surface area contributed by atoms with E-state index in [1.54, 1.807) is 0 Å². The second kappa shape index (κ2) is 6.33. The first-order chi connectivity index (χ1) is 6.70. The molecule has 3 heteroatoms. The minimum atomic E-state index is 0.360. The lowest BCUT2D eigenvalue weighted by atomic mass is 10.3. The zero-order valence-electron chi connectivity index (χ0n) is 9.29. The van der Waals surface area contributed by atoms with Crippen LogP contribution in [0.15, 0.2) is 0 Å². The van der Waals surface area contributed by atoms with E-state index in [2.05, 4.69) is 13.8 Å². The summed E-state index contributed by atoms with van der Waals surface area (Å²) in [6.07, 6.45) is 3.13. The minimum absolute atomic E-state index is 0.360. The fourth-order valence-corrected chi connectivity index (χ4v) is 2.56. The molecular weight excluding hydrogens is 194 g/mol. The summed E-state index contributed by atoms with van der Waals surface area (Å²) in [4.78, 5) is 13.6. The highest BCUT2D eigenvalue weighted by atomic mass is 32.2. The Bertz CT molecular complexity index is 176. The van der Waals surface area contributed by atoms with Crippen LogP contribution in [-0.4, -0.2) is 35.4 Å². The molecule has 1 rings (SSSR count). The van der Waals surface area contributed by atoms with Gasteiger partial charge in [0.05, 0.1) is 0 Å². The van der Waals surface area contributed by atoms with Gasteiger partial charge in [0.1, 0.15) is 0 Å². The van der Waals surface area contributed by atoms with E-state index in [1.807, 2.05) is 16.7 Å². The summed E-state index contributed by atoms with van der Waals surface area (Å²) in [6, 6.07) is 0. The molecule has 0 aromatic heterocycles. The summed E-state index contributed by atoms with van der Waals surface area (Å²) in [5.41, 5.74) is 0. The van der Waals surface area contributed by atoms with E-state index >= 15 is 0 Å². The van der Waals surface area contributed by atoms with Crippen molar-refractivity contribution in [3.05, 3.63) is 0 Å². The van der Waals surface area contributed by atoms with Gasteiger partial charge in [0, 0.05) is 25.3 Å². The Morgan fingerprint density at radius 2 is 2.00 bits per heavy atom.